The largest absolute Gasteiger partial charge is 1.00 e. The topological polar surface area (TPSA) is 80.3 Å². The van der Waals surface area contributed by atoms with Crippen molar-refractivity contribution < 1.29 is 68.2 Å². The van der Waals surface area contributed by atoms with Gasteiger partial charge in [0.2, 0.25) is 0 Å². The zero-order valence-corrected chi connectivity index (χ0v) is 14.2. The van der Waals surface area contributed by atoms with Crippen molar-refractivity contribution >= 4 is 11.9 Å². The zero-order valence-electron chi connectivity index (χ0n) is 12.2. The summed E-state index contributed by atoms with van der Waals surface area (Å²) in [5.74, 6) is -3.58. The average molecular weight is 258 g/mol. The first-order valence-electron chi connectivity index (χ1n) is 5.82. The first kappa shape index (κ1) is 23.6. The number of hydrogen-bond donors (Lipinski definition) is 0. The van der Waals surface area contributed by atoms with Gasteiger partial charge in [0.15, 0.2) is 0 Å². The Morgan fingerprint density at radius 1 is 1.06 bits per heavy atom. The maximum absolute atomic E-state index is 11.0. The van der Waals surface area contributed by atoms with Crippen LogP contribution < -0.4 is 58.6 Å². The molecular formula is C12H20LiNaO4. The van der Waals surface area contributed by atoms with E-state index in [-0.39, 0.29) is 54.8 Å². The molecule has 6 heteroatoms. The average Bonchev–Trinajstić information content (AvgIpc) is 2.16. The summed E-state index contributed by atoms with van der Waals surface area (Å²) in [6, 6.07) is 0. The molecule has 0 aromatic heterocycles. The van der Waals surface area contributed by atoms with Gasteiger partial charge in [-0.1, -0.05) is 46.5 Å². The molecule has 0 saturated heterocycles. The number of unbranched alkanes of at least 4 members (excludes halogenated alkanes) is 3. The summed E-state index contributed by atoms with van der Waals surface area (Å²) in [7, 11) is 0. The van der Waals surface area contributed by atoms with Gasteiger partial charge in [0.05, 0.1) is 17.4 Å². The quantitative estimate of drug-likeness (QED) is 0.247. The third kappa shape index (κ3) is 6.12. The Hall–Kier alpha value is 0.537. The van der Waals surface area contributed by atoms with E-state index < -0.39 is 23.3 Å². The Bertz CT molecular complexity index is 242. The molecule has 4 nitrogen and oxygen atoms in total. The zero-order chi connectivity index (χ0) is 12.8. The first-order chi connectivity index (χ1) is 7.39. The summed E-state index contributed by atoms with van der Waals surface area (Å²) in [4.78, 5) is 22.1. The second-order valence-corrected chi connectivity index (χ2v) is 4.51. The Kier molecular flexibility index (Phi) is 14.9. The molecule has 0 aromatic rings. The smallest absolute Gasteiger partial charge is 0.549 e. The van der Waals surface area contributed by atoms with E-state index in [1.807, 2.05) is 6.92 Å². The van der Waals surface area contributed by atoms with Crippen LogP contribution in [0.5, 0.6) is 0 Å². The summed E-state index contributed by atoms with van der Waals surface area (Å²) < 4.78 is 0. The maximum Gasteiger partial charge on any atom is 1.00 e. The third-order valence-electron chi connectivity index (χ3n) is 3.14. The van der Waals surface area contributed by atoms with Crippen molar-refractivity contribution in [3.8, 4) is 0 Å². The molecule has 0 saturated carbocycles. The number of carboxylic acids is 2. The Morgan fingerprint density at radius 3 is 1.78 bits per heavy atom. The first-order valence-corrected chi connectivity index (χ1v) is 5.82. The van der Waals surface area contributed by atoms with E-state index in [9.17, 15) is 19.8 Å². The summed E-state index contributed by atoms with van der Waals surface area (Å²) in [5.41, 5.74) is -1.84. The molecular weight excluding hydrogens is 238 g/mol. The van der Waals surface area contributed by atoms with Crippen LogP contribution in [0.25, 0.3) is 0 Å². The van der Waals surface area contributed by atoms with Gasteiger partial charge in [-0.3, -0.25) is 0 Å². The summed E-state index contributed by atoms with van der Waals surface area (Å²) in [6.07, 6.45) is 3.51. The SMILES string of the molecule is CCCCCCC(C(=O)[O-])(C(=O)[O-])C(C)C.[Li+].[Na+]. The summed E-state index contributed by atoms with van der Waals surface area (Å²) >= 11 is 0. The summed E-state index contributed by atoms with van der Waals surface area (Å²) in [6.45, 7) is 5.18. The van der Waals surface area contributed by atoms with E-state index in [2.05, 4.69) is 0 Å². The van der Waals surface area contributed by atoms with Gasteiger partial charge in [-0.25, -0.2) is 0 Å². The van der Waals surface area contributed by atoms with Crippen molar-refractivity contribution in [2.24, 2.45) is 11.3 Å². The number of rotatable bonds is 8. The number of carboxylic acid groups (broad SMARTS) is 2. The fraction of sp³-hybridized carbons (Fsp3) is 0.833. The van der Waals surface area contributed by atoms with Crippen molar-refractivity contribution in [2.75, 3.05) is 0 Å². The number of carbonyl (C=O) groups excluding carboxylic acids is 2. The Morgan fingerprint density at radius 2 is 1.50 bits per heavy atom. The van der Waals surface area contributed by atoms with Gasteiger partial charge >= 0.3 is 48.4 Å². The van der Waals surface area contributed by atoms with Crippen molar-refractivity contribution in [2.45, 2.75) is 52.9 Å². The molecule has 0 spiro atoms. The Labute approximate surface area is 143 Å². The third-order valence-corrected chi connectivity index (χ3v) is 3.14. The maximum atomic E-state index is 11.0. The second-order valence-electron chi connectivity index (χ2n) is 4.51. The van der Waals surface area contributed by atoms with Crippen LogP contribution >= 0.6 is 0 Å². The van der Waals surface area contributed by atoms with Crippen LogP contribution in [0.4, 0.5) is 0 Å². The van der Waals surface area contributed by atoms with Crippen molar-refractivity contribution in [1.29, 1.82) is 0 Å². The van der Waals surface area contributed by atoms with Crippen LogP contribution in [-0.4, -0.2) is 11.9 Å². The van der Waals surface area contributed by atoms with Gasteiger partial charge in [-0.15, -0.1) is 0 Å². The minimum absolute atomic E-state index is 0. The van der Waals surface area contributed by atoms with Crippen LogP contribution in [0.3, 0.4) is 0 Å². The molecule has 0 aliphatic heterocycles. The molecule has 0 unspecified atom stereocenters. The molecule has 0 N–H and O–H groups in total. The standard InChI is InChI=1S/C12H22O4.Li.Na/c1-4-5-6-7-8-12(9(2)3,10(13)14)11(15)16;;/h9H,4-8H2,1-3H3,(H,13,14)(H,15,16);;/q;2*+1/p-2. The molecule has 0 fully saturated rings. The van der Waals surface area contributed by atoms with E-state index in [1.165, 1.54) is 0 Å². The molecule has 0 rings (SSSR count). The van der Waals surface area contributed by atoms with Crippen molar-refractivity contribution in [3.05, 3.63) is 0 Å². The minimum atomic E-state index is -1.84. The molecule has 0 heterocycles. The van der Waals surface area contributed by atoms with Gasteiger partial charge in [-0.2, -0.15) is 0 Å². The normalized spacial score (nSPS) is 10.4. The molecule has 0 radical (unpaired) electrons. The van der Waals surface area contributed by atoms with Crippen molar-refractivity contribution in [1.82, 2.24) is 0 Å². The van der Waals surface area contributed by atoms with Crippen LogP contribution in [0.2, 0.25) is 0 Å². The van der Waals surface area contributed by atoms with Crippen LogP contribution in [0.15, 0.2) is 0 Å². The van der Waals surface area contributed by atoms with E-state index in [4.69, 9.17) is 0 Å². The Balaban J connectivity index is -0.00000112. The second kappa shape index (κ2) is 11.4. The van der Waals surface area contributed by atoms with Crippen LogP contribution in [-0.2, 0) is 9.59 Å². The van der Waals surface area contributed by atoms with Gasteiger partial charge in [0.25, 0.3) is 0 Å². The van der Waals surface area contributed by atoms with Crippen LogP contribution in [0.1, 0.15) is 52.9 Å². The van der Waals surface area contributed by atoms with Gasteiger partial charge < -0.3 is 19.8 Å². The monoisotopic (exact) mass is 258 g/mol. The number of aliphatic carboxylic acids is 2. The molecule has 0 bridgehead atoms. The van der Waals surface area contributed by atoms with E-state index in [1.54, 1.807) is 13.8 Å². The van der Waals surface area contributed by atoms with Crippen molar-refractivity contribution in [3.63, 3.8) is 0 Å². The van der Waals surface area contributed by atoms with E-state index in [0.717, 1.165) is 19.3 Å². The fourth-order valence-corrected chi connectivity index (χ4v) is 1.88. The minimum Gasteiger partial charge on any atom is -0.549 e. The molecule has 0 aliphatic rings. The number of carbonyl (C=O) groups is 2. The molecule has 0 atom stereocenters. The van der Waals surface area contributed by atoms with E-state index in [0.29, 0.717) is 6.42 Å². The molecule has 18 heavy (non-hydrogen) atoms. The van der Waals surface area contributed by atoms with Crippen LogP contribution in [0, 0.1) is 11.3 Å². The predicted molar refractivity (Wildman–Crippen MR) is 56.0 cm³/mol. The van der Waals surface area contributed by atoms with Gasteiger partial charge in [0.1, 0.15) is 0 Å². The van der Waals surface area contributed by atoms with Gasteiger partial charge in [0, 0.05) is 0 Å². The molecule has 0 amide bonds. The number of hydrogen-bond acceptors (Lipinski definition) is 4. The van der Waals surface area contributed by atoms with E-state index >= 15 is 0 Å². The summed E-state index contributed by atoms with van der Waals surface area (Å²) in [5, 5.41) is 22.1. The molecule has 0 aromatic carbocycles. The predicted octanol–water partition coefficient (Wildman–Crippen LogP) is -5.89. The van der Waals surface area contributed by atoms with Gasteiger partial charge in [-0.05, 0) is 12.3 Å². The molecule has 94 valence electrons. The molecule has 0 aliphatic carbocycles. The fourth-order valence-electron chi connectivity index (χ4n) is 1.88.